The number of carbonyl (C=O) groups excluding carboxylic acids is 4. The van der Waals surface area contributed by atoms with Crippen LogP contribution in [-0.4, -0.2) is 57.0 Å². The van der Waals surface area contributed by atoms with Gasteiger partial charge in [-0.2, -0.15) is 0 Å². The van der Waals surface area contributed by atoms with Crippen LogP contribution < -0.4 is 10.6 Å². The minimum Gasteiger partial charge on any atom is -0.451 e. The van der Waals surface area contributed by atoms with Crippen molar-refractivity contribution in [2.45, 2.75) is 70.0 Å². The van der Waals surface area contributed by atoms with E-state index in [0.29, 0.717) is 18.6 Å². The molecule has 2 aliphatic heterocycles. The molecule has 0 aromatic heterocycles. The number of thioether (sulfide) groups is 1. The Labute approximate surface area is 151 Å². The second-order valence-corrected chi connectivity index (χ2v) is 9.04. The van der Waals surface area contributed by atoms with Crippen molar-refractivity contribution >= 4 is 35.6 Å². The van der Waals surface area contributed by atoms with E-state index in [1.807, 2.05) is 6.92 Å². The molecule has 9 heteroatoms. The van der Waals surface area contributed by atoms with Crippen molar-refractivity contribution in [3.05, 3.63) is 0 Å². The van der Waals surface area contributed by atoms with Gasteiger partial charge in [0.1, 0.15) is 6.04 Å². The highest BCUT2D eigenvalue weighted by atomic mass is 32.2. The van der Waals surface area contributed by atoms with Crippen LogP contribution in [0, 0.1) is 0 Å². The number of nitrogens with zero attached hydrogens (tertiary/aromatic N) is 1. The highest BCUT2D eigenvalue weighted by Crippen LogP contribution is 2.47. The summed E-state index contributed by atoms with van der Waals surface area (Å²) < 4.78 is 5.19. The van der Waals surface area contributed by atoms with E-state index in [2.05, 4.69) is 10.6 Å². The summed E-state index contributed by atoms with van der Waals surface area (Å²) in [6, 6.07) is -1.34. The molecule has 140 valence electrons. The third-order valence-electron chi connectivity index (χ3n) is 4.10. The predicted molar refractivity (Wildman–Crippen MR) is 92.7 cm³/mol. The molecule has 25 heavy (non-hydrogen) atoms. The first kappa shape index (κ1) is 19.6. The molecule has 0 bridgehead atoms. The summed E-state index contributed by atoms with van der Waals surface area (Å²) in [5, 5.41) is 4.73. The summed E-state index contributed by atoms with van der Waals surface area (Å²) in [7, 11) is 0. The van der Waals surface area contributed by atoms with E-state index in [1.165, 1.54) is 6.92 Å². The quantitative estimate of drug-likeness (QED) is 0.717. The fourth-order valence-corrected chi connectivity index (χ4v) is 4.30. The topological polar surface area (TPSA) is 105 Å². The van der Waals surface area contributed by atoms with Crippen LogP contribution in [0.3, 0.4) is 0 Å². The lowest BCUT2D eigenvalue weighted by Gasteiger charge is -2.29. The molecule has 0 aromatic carbocycles. The van der Waals surface area contributed by atoms with Crippen LogP contribution >= 0.6 is 11.8 Å². The van der Waals surface area contributed by atoms with Gasteiger partial charge in [0.2, 0.25) is 5.91 Å². The number of rotatable bonds is 3. The number of urea groups is 1. The number of ether oxygens (including phenoxy) is 1. The Balaban J connectivity index is 1.91. The SMILES string of the molecule is C[C@H](OC(=O)[C@@H]1CS[C@@]2(C)CCC(=O)N12)C(=O)NC(=O)NC(C)(C)C. The molecule has 4 amide bonds. The summed E-state index contributed by atoms with van der Waals surface area (Å²) >= 11 is 1.55. The molecular formula is C16H25N3O5S. The molecule has 2 N–H and O–H groups in total. The Kier molecular flexibility index (Phi) is 5.36. The molecule has 0 aliphatic carbocycles. The van der Waals surface area contributed by atoms with Gasteiger partial charge in [0.25, 0.3) is 5.91 Å². The maximum absolute atomic E-state index is 12.4. The van der Waals surface area contributed by atoms with Crippen molar-refractivity contribution in [2.75, 3.05) is 5.75 Å². The number of hydrogen-bond donors (Lipinski definition) is 2. The minimum atomic E-state index is -1.13. The van der Waals surface area contributed by atoms with Crippen molar-refractivity contribution in [3.63, 3.8) is 0 Å². The van der Waals surface area contributed by atoms with Crippen LogP contribution in [0.5, 0.6) is 0 Å². The maximum atomic E-state index is 12.4. The summed E-state index contributed by atoms with van der Waals surface area (Å²) in [4.78, 5) is 49.4. The number of hydrogen-bond acceptors (Lipinski definition) is 6. The zero-order valence-corrected chi connectivity index (χ0v) is 16.0. The highest BCUT2D eigenvalue weighted by molar-refractivity contribution is 8.01. The lowest BCUT2D eigenvalue weighted by atomic mass is 10.1. The van der Waals surface area contributed by atoms with E-state index in [-0.39, 0.29) is 10.8 Å². The van der Waals surface area contributed by atoms with Gasteiger partial charge in [-0.05, 0) is 41.0 Å². The van der Waals surface area contributed by atoms with Gasteiger partial charge in [-0.25, -0.2) is 9.59 Å². The first-order valence-corrected chi connectivity index (χ1v) is 9.21. The van der Waals surface area contributed by atoms with Crippen molar-refractivity contribution in [3.8, 4) is 0 Å². The van der Waals surface area contributed by atoms with Gasteiger partial charge in [0.05, 0.1) is 4.87 Å². The summed E-state index contributed by atoms with van der Waals surface area (Å²) in [5.41, 5.74) is -0.494. The Morgan fingerprint density at radius 1 is 1.36 bits per heavy atom. The molecule has 2 rings (SSSR count). The molecule has 8 nitrogen and oxygen atoms in total. The van der Waals surface area contributed by atoms with E-state index in [4.69, 9.17) is 4.74 Å². The van der Waals surface area contributed by atoms with Gasteiger partial charge in [-0.15, -0.1) is 11.8 Å². The standard InChI is InChI=1S/C16H25N3O5S/c1-9(12(21)17-14(23)18-15(2,3)4)24-13(22)10-8-25-16(5)7-6-11(20)19(10)16/h9-10H,6-8H2,1-5H3,(H2,17,18,21,23)/t9-,10-,16-/m0/s1. The van der Waals surface area contributed by atoms with Crippen LogP contribution in [0.25, 0.3) is 0 Å². The van der Waals surface area contributed by atoms with E-state index in [9.17, 15) is 19.2 Å². The second kappa shape index (κ2) is 6.86. The van der Waals surface area contributed by atoms with Gasteiger partial charge in [-0.3, -0.25) is 14.9 Å². The zero-order valence-electron chi connectivity index (χ0n) is 15.2. The Hall–Kier alpha value is -1.77. The molecule has 0 saturated carbocycles. The van der Waals surface area contributed by atoms with Gasteiger partial charge in [0.15, 0.2) is 6.10 Å². The molecule has 2 heterocycles. The largest absolute Gasteiger partial charge is 0.451 e. The number of fused-ring (bicyclic) bond motifs is 1. The third-order valence-corrected chi connectivity index (χ3v) is 5.61. The number of amides is 4. The number of imide groups is 1. The zero-order chi connectivity index (χ0) is 19.0. The van der Waals surface area contributed by atoms with E-state index in [1.54, 1.807) is 37.4 Å². The van der Waals surface area contributed by atoms with Crippen molar-refractivity contribution < 1.29 is 23.9 Å². The van der Waals surface area contributed by atoms with Crippen LogP contribution in [0.4, 0.5) is 4.79 Å². The third kappa shape index (κ3) is 4.45. The summed E-state index contributed by atoms with van der Waals surface area (Å²) in [5.74, 6) is -0.961. The highest BCUT2D eigenvalue weighted by Gasteiger charge is 2.53. The van der Waals surface area contributed by atoms with Gasteiger partial charge >= 0.3 is 12.0 Å². The van der Waals surface area contributed by atoms with Crippen molar-refractivity contribution in [1.29, 1.82) is 0 Å². The first-order valence-electron chi connectivity index (χ1n) is 8.22. The lowest BCUT2D eigenvalue weighted by Crippen LogP contribution is -2.52. The summed E-state index contributed by atoms with van der Waals surface area (Å²) in [6.45, 7) is 8.67. The number of nitrogens with one attached hydrogen (secondary N) is 2. The van der Waals surface area contributed by atoms with Gasteiger partial charge < -0.3 is 15.0 Å². The molecule has 0 aromatic rings. The van der Waals surface area contributed by atoms with E-state index >= 15 is 0 Å². The fourth-order valence-electron chi connectivity index (χ4n) is 2.89. The predicted octanol–water partition coefficient (Wildman–Crippen LogP) is 0.996. The normalized spacial score (nSPS) is 26.8. The Bertz CT molecular complexity index is 603. The van der Waals surface area contributed by atoms with Crippen molar-refractivity contribution in [2.24, 2.45) is 0 Å². The van der Waals surface area contributed by atoms with E-state index in [0.717, 1.165) is 0 Å². The smallest absolute Gasteiger partial charge is 0.330 e. The lowest BCUT2D eigenvalue weighted by molar-refractivity contribution is -0.161. The van der Waals surface area contributed by atoms with Gasteiger partial charge in [0, 0.05) is 17.7 Å². The second-order valence-electron chi connectivity index (χ2n) is 7.54. The van der Waals surface area contributed by atoms with Gasteiger partial charge in [-0.1, -0.05) is 0 Å². The molecule has 2 saturated heterocycles. The average molecular weight is 371 g/mol. The molecular weight excluding hydrogens is 346 g/mol. The molecule has 0 spiro atoms. The minimum absolute atomic E-state index is 0.0730. The fraction of sp³-hybridized carbons (Fsp3) is 0.750. The van der Waals surface area contributed by atoms with Crippen LogP contribution in [0.2, 0.25) is 0 Å². The van der Waals surface area contributed by atoms with Crippen molar-refractivity contribution in [1.82, 2.24) is 15.5 Å². The first-order chi connectivity index (χ1) is 11.4. The average Bonchev–Trinajstić information content (AvgIpc) is 2.93. The Morgan fingerprint density at radius 3 is 2.60 bits per heavy atom. The Morgan fingerprint density at radius 2 is 2.00 bits per heavy atom. The molecule has 2 fully saturated rings. The molecule has 0 unspecified atom stereocenters. The summed E-state index contributed by atoms with van der Waals surface area (Å²) in [6.07, 6.45) is -0.0210. The monoisotopic (exact) mass is 371 g/mol. The molecule has 2 aliphatic rings. The molecule has 3 atom stereocenters. The van der Waals surface area contributed by atoms with Crippen LogP contribution in [-0.2, 0) is 19.1 Å². The van der Waals surface area contributed by atoms with E-state index < -0.39 is 35.6 Å². The maximum Gasteiger partial charge on any atom is 0.330 e. The molecule has 0 radical (unpaired) electrons. The number of esters is 1. The van der Waals surface area contributed by atoms with Crippen LogP contribution in [0.1, 0.15) is 47.5 Å². The number of carbonyl (C=O) groups is 4. The van der Waals surface area contributed by atoms with Crippen LogP contribution in [0.15, 0.2) is 0 Å².